The molecule has 0 radical (unpaired) electrons. The van der Waals surface area contributed by atoms with Crippen molar-refractivity contribution >= 4 is 28.2 Å². The van der Waals surface area contributed by atoms with Gasteiger partial charge in [0.1, 0.15) is 5.15 Å². The van der Waals surface area contributed by atoms with Gasteiger partial charge in [-0.1, -0.05) is 23.7 Å². The predicted molar refractivity (Wildman–Crippen MR) is 98.2 cm³/mol. The number of aromatic nitrogens is 5. The van der Waals surface area contributed by atoms with Crippen molar-refractivity contribution in [3.63, 3.8) is 0 Å². The van der Waals surface area contributed by atoms with E-state index in [-0.39, 0.29) is 0 Å². The number of rotatable bonds is 3. The molecule has 6 heteroatoms. The van der Waals surface area contributed by atoms with Gasteiger partial charge in [0, 0.05) is 29.4 Å². The highest BCUT2D eigenvalue weighted by Gasteiger charge is 2.41. The Morgan fingerprint density at radius 1 is 1.20 bits per heavy atom. The van der Waals surface area contributed by atoms with E-state index in [1.807, 2.05) is 18.5 Å². The third kappa shape index (κ3) is 2.34. The maximum absolute atomic E-state index is 6.19. The van der Waals surface area contributed by atoms with Crippen LogP contribution in [0.1, 0.15) is 49.3 Å². The number of hydrogen-bond acceptors (Lipinski definition) is 3. The van der Waals surface area contributed by atoms with Crippen molar-refractivity contribution in [1.29, 1.82) is 0 Å². The first kappa shape index (κ1) is 14.9. The SMILES string of the molecule is CC(C)n1ncc2ccc(C3CC3c3cc(Cl)nn4ccnc34)cc21. The van der Waals surface area contributed by atoms with Crippen molar-refractivity contribution in [2.24, 2.45) is 0 Å². The molecule has 0 aliphatic heterocycles. The van der Waals surface area contributed by atoms with Crippen LogP contribution in [0.15, 0.2) is 42.9 Å². The molecule has 5 rings (SSSR count). The summed E-state index contributed by atoms with van der Waals surface area (Å²) in [6.45, 7) is 4.32. The van der Waals surface area contributed by atoms with Crippen molar-refractivity contribution in [1.82, 2.24) is 24.4 Å². The van der Waals surface area contributed by atoms with E-state index in [2.05, 4.69) is 51.9 Å². The Hall–Kier alpha value is -2.40. The van der Waals surface area contributed by atoms with Crippen molar-refractivity contribution in [3.8, 4) is 0 Å². The highest BCUT2D eigenvalue weighted by Crippen LogP contribution is 2.55. The second kappa shape index (κ2) is 5.30. The van der Waals surface area contributed by atoms with Gasteiger partial charge in [-0.05, 0) is 49.8 Å². The van der Waals surface area contributed by atoms with E-state index in [1.165, 1.54) is 22.0 Å². The molecule has 1 saturated carbocycles. The molecule has 0 bridgehead atoms. The van der Waals surface area contributed by atoms with Crippen LogP contribution >= 0.6 is 11.6 Å². The monoisotopic (exact) mass is 351 g/mol. The van der Waals surface area contributed by atoms with Gasteiger partial charge in [-0.3, -0.25) is 4.68 Å². The smallest absolute Gasteiger partial charge is 0.157 e. The molecule has 25 heavy (non-hydrogen) atoms. The normalized spacial score (nSPS) is 20.0. The zero-order valence-electron chi connectivity index (χ0n) is 14.1. The van der Waals surface area contributed by atoms with Gasteiger partial charge >= 0.3 is 0 Å². The first-order chi connectivity index (χ1) is 12.1. The number of imidazole rings is 1. The molecule has 0 saturated heterocycles. The molecule has 1 aromatic carbocycles. The molecule has 0 amide bonds. The standard InChI is InChI=1S/C19H18ClN5/c1-11(2)25-17-7-12(3-4-13(17)10-22-25)14-8-15(14)16-9-18(20)23-24-6-5-21-19(16)24/h3-7,9-11,14-15H,8H2,1-2H3. The average molecular weight is 352 g/mol. The van der Waals surface area contributed by atoms with Crippen LogP contribution in [0.4, 0.5) is 0 Å². The van der Waals surface area contributed by atoms with Crippen LogP contribution in [0.5, 0.6) is 0 Å². The van der Waals surface area contributed by atoms with E-state index in [0.717, 1.165) is 12.1 Å². The van der Waals surface area contributed by atoms with Crippen molar-refractivity contribution in [2.45, 2.75) is 38.1 Å². The summed E-state index contributed by atoms with van der Waals surface area (Å²) >= 11 is 6.19. The lowest BCUT2D eigenvalue weighted by Crippen LogP contribution is -2.02. The first-order valence-corrected chi connectivity index (χ1v) is 8.96. The maximum Gasteiger partial charge on any atom is 0.157 e. The summed E-state index contributed by atoms with van der Waals surface area (Å²) < 4.78 is 3.86. The molecule has 5 nitrogen and oxygen atoms in total. The Bertz CT molecular complexity index is 1090. The van der Waals surface area contributed by atoms with Crippen LogP contribution in [-0.4, -0.2) is 24.4 Å². The van der Waals surface area contributed by atoms with Gasteiger partial charge < -0.3 is 0 Å². The van der Waals surface area contributed by atoms with Crippen LogP contribution in [0.2, 0.25) is 5.15 Å². The topological polar surface area (TPSA) is 48.0 Å². The molecule has 2 atom stereocenters. The summed E-state index contributed by atoms with van der Waals surface area (Å²) in [5.41, 5.74) is 4.66. The lowest BCUT2D eigenvalue weighted by molar-refractivity contribution is 0.550. The summed E-state index contributed by atoms with van der Waals surface area (Å²) in [5, 5.41) is 10.5. The molecular weight excluding hydrogens is 334 g/mol. The van der Waals surface area contributed by atoms with Crippen LogP contribution in [0.3, 0.4) is 0 Å². The van der Waals surface area contributed by atoms with Crippen LogP contribution in [-0.2, 0) is 0 Å². The molecule has 1 fully saturated rings. The lowest BCUT2D eigenvalue weighted by atomic mass is 10.0. The highest BCUT2D eigenvalue weighted by molar-refractivity contribution is 6.29. The second-order valence-electron chi connectivity index (χ2n) is 7.07. The summed E-state index contributed by atoms with van der Waals surface area (Å²) in [6, 6.07) is 9.01. The minimum absolute atomic E-state index is 0.353. The van der Waals surface area contributed by atoms with Crippen molar-refractivity contribution in [3.05, 3.63) is 59.1 Å². The number of nitrogens with zero attached hydrogens (tertiary/aromatic N) is 5. The summed E-state index contributed by atoms with van der Waals surface area (Å²) in [4.78, 5) is 4.46. The van der Waals surface area contributed by atoms with Crippen LogP contribution < -0.4 is 0 Å². The summed E-state index contributed by atoms with van der Waals surface area (Å²) in [7, 11) is 0. The van der Waals surface area contributed by atoms with Gasteiger partial charge in [-0.25, -0.2) is 9.50 Å². The number of fused-ring (bicyclic) bond motifs is 2. The Morgan fingerprint density at radius 2 is 2.08 bits per heavy atom. The Kier molecular flexibility index (Phi) is 3.16. The lowest BCUT2D eigenvalue weighted by Gasteiger charge is -2.09. The van der Waals surface area contributed by atoms with E-state index in [4.69, 9.17) is 11.6 Å². The highest BCUT2D eigenvalue weighted by atomic mass is 35.5. The minimum atomic E-state index is 0.353. The molecule has 1 aliphatic carbocycles. The molecule has 126 valence electrons. The fourth-order valence-electron chi connectivity index (χ4n) is 3.79. The maximum atomic E-state index is 6.19. The quantitative estimate of drug-likeness (QED) is 0.542. The predicted octanol–water partition coefficient (Wildman–Crippen LogP) is 4.58. The van der Waals surface area contributed by atoms with E-state index in [9.17, 15) is 0 Å². The summed E-state index contributed by atoms with van der Waals surface area (Å²) in [6.07, 6.45) is 6.67. The van der Waals surface area contributed by atoms with Gasteiger partial charge in [0.15, 0.2) is 5.65 Å². The van der Waals surface area contributed by atoms with Gasteiger partial charge in [0.25, 0.3) is 0 Å². The molecule has 0 spiro atoms. The molecule has 3 aromatic heterocycles. The second-order valence-corrected chi connectivity index (χ2v) is 7.45. The zero-order chi connectivity index (χ0) is 17.1. The average Bonchev–Trinajstić information content (AvgIpc) is 3.04. The Balaban J connectivity index is 1.54. The van der Waals surface area contributed by atoms with Gasteiger partial charge in [-0.15, -0.1) is 0 Å². The van der Waals surface area contributed by atoms with Gasteiger partial charge in [0.2, 0.25) is 0 Å². The molecular formula is C19H18ClN5. The molecule has 4 aromatic rings. The molecule has 2 unspecified atom stereocenters. The van der Waals surface area contributed by atoms with E-state index < -0.39 is 0 Å². The Morgan fingerprint density at radius 3 is 2.92 bits per heavy atom. The van der Waals surface area contributed by atoms with Crippen LogP contribution in [0, 0.1) is 0 Å². The van der Waals surface area contributed by atoms with Gasteiger partial charge in [-0.2, -0.15) is 10.2 Å². The third-order valence-corrected chi connectivity index (χ3v) is 5.27. The largest absolute Gasteiger partial charge is 0.262 e. The summed E-state index contributed by atoms with van der Waals surface area (Å²) in [5.74, 6) is 0.942. The van der Waals surface area contributed by atoms with E-state index in [0.29, 0.717) is 23.0 Å². The fourth-order valence-corrected chi connectivity index (χ4v) is 3.98. The zero-order valence-corrected chi connectivity index (χ0v) is 14.9. The van der Waals surface area contributed by atoms with Crippen LogP contribution in [0.25, 0.3) is 16.6 Å². The minimum Gasteiger partial charge on any atom is -0.262 e. The van der Waals surface area contributed by atoms with Crippen molar-refractivity contribution in [2.75, 3.05) is 0 Å². The van der Waals surface area contributed by atoms with Gasteiger partial charge in [0.05, 0.1) is 11.7 Å². The first-order valence-electron chi connectivity index (χ1n) is 8.59. The molecule has 0 N–H and O–H groups in total. The van der Waals surface area contributed by atoms with Crippen molar-refractivity contribution < 1.29 is 0 Å². The number of halogens is 1. The third-order valence-electron chi connectivity index (χ3n) is 5.09. The van der Waals surface area contributed by atoms with E-state index in [1.54, 1.807) is 10.7 Å². The fraction of sp³-hybridized carbons (Fsp3) is 0.316. The Labute approximate surface area is 150 Å². The number of hydrogen-bond donors (Lipinski definition) is 0. The van der Waals surface area contributed by atoms with E-state index >= 15 is 0 Å². The number of benzene rings is 1. The molecule has 1 aliphatic rings. The molecule has 3 heterocycles.